The quantitative estimate of drug-likeness (QED) is 0.124. The van der Waals surface area contributed by atoms with Gasteiger partial charge in [0.15, 0.2) is 5.78 Å². The van der Waals surface area contributed by atoms with Crippen LogP contribution >= 0.6 is 11.6 Å². The number of hydrazine groups is 1. The van der Waals surface area contributed by atoms with Crippen molar-refractivity contribution < 1.29 is 23.7 Å². The van der Waals surface area contributed by atoms with E-state index in [1.54, 1.807) is 60.1 Å². The SMILES string of the molecule is C=S(=O)(c1ccc(Oc2cc(Cl)cc(CC)c2)cc1)N1CCC(NN)=C(C(=O)Cc2ccccc2)C1C(=O)NO. The fourth-order valence-electron chi connectivity index (χ4n) is 4.66. The van der Waals surface area contributed by atoms with Crippen LogP contribution in [-0.4, -0.2) is 43.9 Å². The van der Waals surface area contributed by atoms with E-state index in [1.165, 1.54) is 4.31 Å². The highest BCUT2D eigenvalue weighted by molar-refractivity contribution is 7.98. The maximum absolute atomic E-state index is 14.2. The zero-order valence-corrected chi connectivity index (χ0v) is 23.5. The summed E-state index contributed by atoms with van der Waals surface area (Å²) < 4.78 is 21.5. The molecule has 1 aliphatic heterocycles. The zero-order valence-electron chi connectivity index (χ0n) is 21.9. The number of Topliss-reactive ketones (excluding diaryl/α,β-unsaturated/α-hetero) is 1. The molecule has 0 spiro atoms. The van der Waals surface area contributed by atoms with Crippen LogP contribution in [0, 0.1) is 0 Å². The molecule has 0 saturated heterocycles. The average molecular weight is 583 g/mol. The number of rotatable bonds is 10. The number of carbonyl (C=O) groups is 2. The Hall–Kier alpha value is -3.67. The fraction of sp³-hybridized carbons (Fsp3) is 0.207. The first kappa shape index (κ1) is 29.3. The highest BCUT2D eigenvalue weighted by Crippen LogP contribution is 2.32. The summed E-state index contributed by atoms with van der Waals surface area (Å²) in [6.45, 7) is 2.10. The number of ether oxygens (including phenoxy) is 1. The van der Waals surface area contributed by atoms with E-state index >= 15 is 0 Å². The van der Waals surface area contributed by atoms with Crippen LogP contribution in [0.5, 0.6) is 11.5 Å². The van der Waals surface area contributed by atoms with E-state index in [-0.39, 0.29) is 25.0 Å². The van der Waals surface area contributed by atoms with Crippen LogP contribution < -0.4 is 21.5 Å². The summed E-state index contributed by atoms with van der Waals surface area (Å²) in [5.74, 6) is 9.41. The van der Waals surface area contributed by atoms with Crippen molar-refractivity contribution in [1.29, 1.82) is 0 Å². The van der Waals surface area contributed by atoms with Gasteiger partial charge in [-0.05, 0) is 65.9 Å². The molecule has 0 aromatic heterocycles. The van der Waals surface area contributed by atoms with Crippen LogP contribution in [0.1, 0.15) is 24.5 Å². The van der Waals surface area contributed by atoms with Gasteiger partial charge < -0.3 is 10.2 Å². The molecule has 9 nitrogen and oxygen atoms in total. The van der Waals surface area contributed by atoms with Crippen molar-refractivity contribution >= 4 is 38.9 Å². The van der Waals surface area contributed by atoms with Gasteiger partial charge >= 0.3 is 0 Å². The van der Waals surface area contributed by atoms with Gasteiger partial charge in [0.1, 0.15) is 17.5 Å². The number of hydrogen-bond donors (Lipinski definition) is 4. The van der Waals surface area contributed by atoms with Gasteiger partial charge in [-0.3, -0.25) is 20.6 Å². The van der Waals surface area contributed by atoms with Crippen LogP contribution in [0.3, 0.4) is 0 Å². The van der Waals surface area contributed by atoms with Crippen LogP contribution in [0.15, 0.2) is 89.0 Å². The summed E-state index contributed by atoms with van der Waals surface area (Å²) in [5.41, 5.74) is 6.23. The lowest BCUT2D eigenvalue weighted by molar-refractivity contribution is -0.133. The third-order valence-corrected chi connectivity index (χ3v) is 9.03. The van der Waals surface area contributed by atoms with Crippen molar-refractivity contribution in [2.24, 2.45) is 5.84 Å². The van der Waals surface area contributed by atoms with E-state index in [9.17, 15) is 19.0 Å². The Morgan fingerprint density at radius 2 is 1.80 bits per heavy atom. The van der Waals surface area contributed by atoms with Gasteiger partial charge in [-0.2, -0.15) is 0 Å². The molecule has 40 heavy (non-hydrogen) atoms. The second-order valence-corrected chi connectivity index (χ2v) is 11.9. The molecule has 0 bridgehead atoms. The first-order chi connectivity index (χ1) is 19.2. The molecule has 4 rings (SSSR count). The van der Waals surface area contributed by atoms with Gasteiger partial charge in [-0.25, -0.2) is 14.0 Å². The summed E-state index contributed by atoms with van der Waals surface area (Å²) >= 11 is 6.20. The number of carbonyl (C=O) groups excluding carboxylic acids is 2. The first-order valence-corrected chi connectivity index (χ1v) is 14.7. The lowest BCUT2D eigenvalue weighted by Crippen LogP contribution is -2.55. The minimum absolute atomic E-state index is 0.0159. The Labute approximate surface area is 238 Å². The van der Waals surface area contributed by atoms with Crippen molar-refractivity contribution in [2.45, 2.75) is 37.1 Å². The Kier molecular flexibility index (Phi) is 9.28. The molecule has 5 N–H and O–H groups in total. The normalized spacial score (nSPS) is 17.1. The molecule has 1 aliphatic rings. The fourth-order valence-corrected chi connectivity index (χ4v) is 6.67. The van der Waals surface area contributed by atoms with Gasteiger partial charge in [0, 0.05) is 40.6 Å². The Balaban J connectivity index is 1.65. The molecule has 1 amide bonds. The van der Waals surface area contributed by atoms with Gasteiger partial charge in [0.2, 0.25) is 0 Å². The second-order valence-electron chi connectivity index (χ2n) is 9.25. The highest BCUT2D eigenvalue weighted by atomic mass is 35.5. The Morgan fingerprint density at radius 3 is 2.42 bits per heavy atom. The lowest BCUT2D eigenvalue weighted by Gasteiger charge is -2.38. The number of halogens is 1. The number of benzene rings is 3. The van der Waals surface area contributed by atoms with E-state index in [0.717, 1.165) is 17.5 Å². The Morgan fingerprint density at radius 1 is 1.10 bits per heavy atom. The van der Waals surface area contributed by atoms with Crippen molar-refractivity contribution in [1.82, 2.24) is 15.2 Å². The number of nitrogens with two attached hydrogens (primary N) is 1. The standard InChI is InChI=1S/C29H31ClN4O5S/c1-3-19-15-21(30)18-23(16-19)39-22-9-11-24(12-10-22)40(2,38)34-14-13-25(32-31)27(28(34)29(36)33-37)26(35)17-20-7-5-4-6-8-20/h4-12,15-16,18,28,32,37H,2-3,13-14,17,31H2,1H3,(H,33,36). The smallest absolute Gasteiger partial charge is 0.266 e. The maximum atomic E-state index is 14.2. The summed E-state index contributed by atoms with van der Waals surface area (Å²) in [7, 11) is -3.31. The molecule has 2 atom stereocenters. The molecule has 0 aliphatic carbocycles. The number of amides is 1. The minimum Gasteiger partial charge on any atom is -0.457 e. The molecule has 0 saturated carbocycles. The number of nitrogens with zero attached hydrogens (tertiary/aromatic N) is 1. The van der Waals surface area contributed by atoms with Crippen LogP contribution in [-0.2, 0) is 32.1 Å². The number of ketones is 1. The van der Waals surface area contributed by atoms with Crippen LogP contribution in [0.4, 0.5) is 0 Å². The van der Waals surface area contributed by atoms with Crippen molar-refractivity contribution in [3.63, 3.8) is 0 Å². The second kappa shape index (κ2) is 12.7. The number of nitrogens with one attached hydrogen (secondary N) is 2. The zero-order chi connectivity index (χ0) is 28.9. The number of hydroxylamine groups is 1. The topological polar surface area (TPSA) is 134 Å². The van der Waals surface area contributed by atoms with Crippen LogP contribution in [0.2, 0.25) is 5.02 Å². The van der Waals surface area contributed by atoms with Gasteiger partial charge in [0.05, 0.1) is 9.71 Å². The molecule has 3 aromatic carbocycles. The maximum Gasteiger partial charge on any atom is 0.266 e. The highest BCUT2D eigenvalue weighted by Gasteiger charge is 2.42. The van der Waals surface area contributed by atoms with Gasteiger partial charge in [-0.1, -0.05) is 48.9 Å². The molecule has 0 radical (unpaired) electrons. The molecule has 3 aromatic rings. The Bertz CT molecular complexity index is 1530. The number of aryl methyl sites for hydroxylation is 1. The predicted octanol–water partition coefficient (Wildman–Crippen LogP) is 3.79. The largest absolute Gasteiger partial charge is 0.457 e. The molecular weight excluding hydrogens is 552 g/mol. The van der Waals surface area contributed by atoms with Crippen molar-refractivity contribution in [2.75, 3.05) is 6.54 Å². The summed E-state index contributed by atoms with van der Waals surface area (Å²) in [5, 5.41) is 10.1. The third-order valence-electron chi connectivity index (χ3n) is 6.66. The molecule has 2 unspecified atom stereocenters. The third kappa shape index (κ3) is 6.38. The molecule has 1 heterocycles. The molecule has 210 valence electrons. The van der Waals surface area contributed by atoms with Crippen LogP contribution in [0.25, 0.3) is 0 Å². The summed E-state index contributed by atoms with van der Waals surface area (Å²) in [4.78, 5) is 26.8. The van der Waals surface area contributed by atoms with E-state index in [1.807, 2.05) is 25.1 Å². The summed E-state index contributed by atoms with van der Waals surface area (Å²) in [6, 6.07) is 19.5. The first-order valence-electron chi connectivity index (χ1n) is 12.6. The van der Waals surface area contributed by atoms with Crippen molar-refractivity contribution in [3.8, 4) is 11.5 Å². The molecular formula is C29H31ClN4O5S. The van der Waals surface area contributed by atoms with E-state index in [4.69, 9.17) is 22.2 Å². The van der Waals surface area contributed by atoms with E-state index in [2.05, 4.69) is 11.3 Å². The molecule has 0 fully saturated rings. The van der Waals surface area contributed by atoms with Crippen molar-refractivity contribution in [3.05, 3.63) is 100 Å². The van der Waals surface area contributed by atoms with Gasteiger partial charge in [-0.15, -0.1) is 0 Å². The van der Waals surface area contributed by atoms with E-state index < -0.39 is 27.4 Å². The monoisotopic (exact) mass is 582 g/mol. The minimum atomic E-state index is -3.31. The number of hydrogen-bond acceptors (Lipinski definition) is 7. The van der Waals surface area contributed by atoms with Gasteiger partial charge in [0.25, 0.3) is 5.91 Å². The summed E-state index contributed by atoms with van der Waals surface area (Å²) in [6.07, 6.45) is 0.991. The average Bonchev–Trinajstić information content (AvgIpc) is 2.96. The molecule has 11 heteroatoms. The van der Waals surface area contributed by atoms with E-state index in [0.29, 0.717) is 27.1 Å². The predicted molar refractivity (Wildman–Crippen MR) is 155 cm³/mol. The lowest BCUT2D eigenvalue weighted by atomic mass is 9.91.